The second kappa shape index (κ2) is 6.28. The van der Waals surface area contributed by atoms with Crippen LogP contribution in [0.25, 0.3) is 0 Å². The number of rotatable bonds is 5. The molecule has 1 amide bonds. The van der Waals surface area contributed by atoms with Crippen molar-refractivity contribution in [3.63, 3.8) is 0 Å². The Morgan fingerprint density at radius 3 is 2.32 bits per heavy atom. The zero-order chi connectivity index (χ0) is 14.6. The van der Waals surface area contributed by atoms with E-state index in [-0.39, 0.29) is 10.2 Å². The van der Waals surface area contributed by atoms with Crippen LogP contribution in [0.1, 0.15) is 25.0 Å². The fourth-order valence-electron chi connectivity index (χ4n) is 1.96. The number of halogens is 1. The van der Waals surface area contributed by atoms with Gasteiger partial charge in [-0.25, -0.2) is 0 Å². The van der Waals surface area contributed by atoms with E-state index in [4.69, 9.17) is 9.47 Å². The number of ether oxygens (including phenoxy) is 2. The van der Waals surface area contributed by atoms with E-state index < -0.39 is 0 Å². The van der Waals surface area contributed by atoms with Crippen LogP contribution in [0.15, 0.2) is 12.1 Å². The summed E-state index contributed by atoms with van der Waals surface area (Å²) in [6.07, 6.45) is 0. The Labute approximate surface area is 122 Å². The second-order valence-electron chi connectivity index (χ2n) is 5.03. The molecule has 1 aromatic carbocycles. The molecule has 0 radical (unpaired) electrons. The van der Waals surface area contributed by atoms with Crippen molar-refractivity contribution in [3.8, 4) is 11.5 Å². The molecule has 4 nitrogen and oxygen atoms in total. The predicted molar refractivity (Wildman–Crippen MR) is 79.6 cm³/mol. The van der Waals surface area contributed by atoms with Crippen LogP contribution in [0.2, 0.25) is 0 Å². The summed E-state index contributed by atoms with van der Waals surface area (Å²) in [6, 6.07) is 3.92. The molecule has 1 N–H and O–H groups in total. The third kappa shape index (κ3) is 3.86. The Hall–Kier alpha value is -1.23. The SMILES string of the molecule is COc1cc(C(C)(C)CNC(=O)Br)c(OC)cc1C. The van der Waals surface area contributed by atoms with E-state index in [1.165, 1.54) is 0 Å². The van der Waals surface area contributed by atoms with Gasteiger partial charge in [-0.15, -0.1) is 0 Å². The largest absolute Gasteiger partial charge is 0.496 e. The Bertz CT molecular complexity index is 472. The fourth-order valence-corrected chi connectivity index (χ4v) is 2.11. The maximum absolute atomic E-state index is 11.0. The van der Waals surface area contributed by atoms with E-state index in [2.05, 4.69) is 21.2 Å². The highest BCUT2D eigenvalue weighted by atomic mass is 79.9. The summed E-state index contributed by atoms with van der Waals surface area (Å²) in [5.41, 5.74) is 1.75. The van der Waals surface area contributed by atoms with Crippen LogP contribution in [0.4, 0.5) is 4.79 Å². The molecule has 0 saturated heterocycles. The summed E-state index contributed by atoms with van der Waals surface area (Å²) >= 11 is 2.87. The fraction of sp³-hybridized carbons (Fsp3) is 0.500. The first-order valence-corrected chi connectivity index (χ1v) is 6.77. The van der Waals surface area contributed by atoms with E-state index in [9.17, 15) is 4.79 Å². The molecule has 0 unspecified atom stereocenters. The van der Waals surface area contributed by atoms with Crippen molar-refractivity contribution in [3.05, 3.63) is 23.3 Å². The van der Waals surface area contributed by atoms with Gasteiger partial charge in [0.2, 0.25) is 0 Å². The van der Waals surface area contributed by atoms with Gasteiger partial charge in [0, 0.05) is 33.5 Å². The number of hydrogen-bond donors (Lipinski definition) is 1. The van der Waals surface area contributed by atoms with Gasteiger partial charge >= 0.3 is 0 Å². The van der Waals surface area contributed by atoms with Gasteiger partial charge in [0.25, 0.3) is 4.82 Å². The number of benzene rings is 1. The van der Waals surface area contributed by atoms with Crippen LogP contribution in [0, 0.1) is 6.92 Å². The minimum atomic E-state index is -0.268. The van der Waals surface area contributed by atoms with Crippen LogP contribution in [-0.2, 0) is 5.41 Å². The van der Waals surface area contributed by atoms with E-state index in [1.54, 1.807) is 14.2 Å². The lowest BCUT2D eigenvalue weighted by molar-refractivity contribution is 0.259. The molecule has 0 spiro atoms. The van der Waals surface area contributed by atoms with Gasteiger partial charge in [-0.1, -0.05) is 13.8 Å². The molecule has 0 heterocycles. The van der Waals surface area contributed by atoms with Crippen molar-refractivity contribution in [2.75, 3.05) is 20.8 Å². The summed E-state index contributed by atoms with van der Waals surface area (Å²) < 4.78 is 10.8. The minimum Gasteiger partial charge on any atom is -0.496 e. The molecule has 1 aromatic rings. The minimum absolute atomic E-state index is 0.224. The molecule has 0 aliphatic carbocycles. The van der Waals surface area contributed by atoms with Crippen molar-refractivity contribution in [1.82, 2.24) is 5.32 Å². The van der Waals surface area contributed by atoms with Gasteiger partial charge in [0.1, 0.15) is 11.5 Å². The standard InChI is InChI=1S/C14H20BrNO3/c1-9-6-12(19-5)10(7-11(9)18-4)14(2,3)8-16-13(15)17/h6-7H,8H2,1-5H3,(H,16,17). The molecule has 19 heavy (non-hydrogen) atoms. The Balaban J connectivity index is 3.19. The third-order valence-corrected chi connectivity index (χ3v) is 3.40. The van der Waals surface area contributed by atoms with Gasteiger partial charge in [-0.05, 0) is 24.6 Å². The summed E-state index contributed by atoms with van der Waals surface area (Å²) in [4.78, 5) is 10.8. The predicted octanol–water partition coefficient (Wildman–Crippen LogP) is 3.39. The van der Waals surface area contributed by atoms with Gasteiger partial charge in [0.05, 0.1) is 14.2 Å². The van der Waals surface area contributed by atoms with Crippen molar-refractivity contribution in [2.45, 2.75) is 26.2 Å². The highest BCUT2D eigenvalue weighted by molar-refractivity contribution is 9.18. The molecular formula is C14H20BrNO3. The molecule has 0 fully saturated rings. The molecule has 0 aromatic heterocycles. The van der Waals surface area contributed by atoms with Crippen LogP contribution in [0.3, 0.4) is 0 Å². The topological polar surface area (TPSA) is 47.6 Å². The third-order valence-electron chi connectivity index (χ3n) is 3.12. The lowest BCUT2D eigenvalue weighted by Crippen LogP contribution is -2.34. The number of aryl methyl sites for hydroxylation is 1. The van der Waals surface area contributed by atoms with Crippen molar-refractivity contribution >= 4 is 20.7 Å². The zero-order valence-corrected chi connectivity index (χ0v) is 13.6. The maximum atomic E-state index is 11.0. The van der Waals surface area contributed by atoms with Crippen molar-refractivity contribution in [1.29, 1.82) is 0 Å². The molecule has 5 heteroatoms. The molecule has 0 saturated carbocycles. The second-order valence-corrected chi connectivity index (χ2v) is 5.75. The smallest absolute Gasteiger partial charge is 0.287 e. The number of nitrogens with one attached hydrogen (secondary N) is 1. The summed E-state index contributed by atoms with van der Waals surface area (Å²) in [6.45, 7) is 6.56. The summed E-state index contributed by atoms with van der Waals surface area (Å²) in [7, 11) is 3.29. The normalized spacial score (nSPS) is 11.1. The molecule has 0 atom stereocenters. The van der Waals surface area contributed by atoms with Gasteiger partial charge in [0.15, 0.2) is 0 Å². The van der Waals surface area contributed by atoms with Crippen LogP contribution in [0.5, 0.6) is 11.5 Å². The molecule has 0 aliphatic heterocycles. The molecule has 106 valence electrons. The van der Waals surface area contributed by atoms with Crippen LogP contribution >= 0.6 is 15.9 Å². The number of carbonyl (C=O) groups excluding carboxylic acids is 1. The Kier molecular flexibility index (Phi) is 5.23. The van der Waals surface area contributed by atoms with Crippen LogP contribution in [-0.4, -0.2) is 25.6 Å². The van der Waals surface area contributed by atoms with Crippen LogP contribution < -0.4 is 14.8 Å². The van der Waals surface area contributed by atoms with Gasteiger partial charge in [-0.3, -0.25) is 4.79 Å². The average Bonchev–Trinajstić information content (AvgIpc) is 2.35. The average molecular weight is 330 g/mol. The number of carbonyl (C=O) groups is 1. The molecule has 1 rings (SSSR count). The lowest BCUT2D eigenvalue weighted by atomic mass is 9.83. The van der Waals surface area contributed by atoms with Crippen molar-refractivity contribution in [2.24, 2.45) is 0 Å². The number of amides is 1. The van der Waals surface area contributed by atoms with Crippen molar-refractivity contribution < 1.29 is 14.3 Å². The quantitative estimate of drug-likeness (QED) is 0.665. The van der Waals surface area contributed by atoms with E-state index in [0.29, 0.717) is 6.54 Å². The van der Waals surface area contributed by atoms with E-state index in [1.807, 2.05) is 32.9 Å². The lowest BCUT2D eigenvalue weighted by Gasteiger charge is -2.28. The molecule has 0 aliphatic rings. The molecule has 0 bridgehead atoms. The first-order chi connectivity index (χ1) is 8.81. The highest BCUT2D eigenvalue weighted by Gasteiger charge is 2.26. The first-order valence-electron chi connectivity index (χ1n) is 5.98. The summed E-state index contributed by atoms with van der Waals surface area (Å²) in [5, 5.41) is 2.77. The van der Waals surface area contributed by atoms with E-state index >= 15 is 0 Å². The maximum Gasteiger partial charge on any atom is 0.287 e. The Morgan fingerprint density at radius 1 is 1.26 bits per heavy atom. The Morgan fingerprint density at radius 2 is 1.84 bits per heavy atom. The number of hydrogen-bond acceptors (Lipinski definition) is 3. The number of methoxy groups -OCH3 is 2. The zero-order valence-electron chi connectivity index (χ0n) is 12.0. The first kappa shape index (κ1) is 15.8. The van der Waals surface area contributed by atoms with Gasteiger partial charge < -0.3 is 14.8 Å². The summed E-state index contributed by atoms with van der Waals surface area (Å²) in [5.74, 6) is 1.61. The highest BCUT2D eigenvalue weighted by Crippen LogP contribution is 2.36. The van der Waals surface area contributed by atoms with Gasteiger partial charge in [-0.2, -0.15) is 0 Å². The monoisotopic (exact) mass is 329 g/mol. The van der Waals surface area contributed by atoms with E-state index in [0.717, 1.165) is 22.6 Å². The molecular weight excluding hydrogens is 310 g/mol.